The van der Waals surface area contributed by atoms with E-state index in [4.69, 9.17) is 9.47 Å². The molecule has 2 unspecified atom stereocenters. The van der Waals surface area contributed by atoms with Crippen LogP contribution in [-0.4, -0.2) is 63.4 Å². The molecule has 6 nitrogen and oxygen atoms in total. The first-order valence-corrected chi connectivity index (χ1v) is 10.7. The fourth-order valence-electron chi connectivity index (χ4n) is 4.02. The van der Waals surface area contributed by atoms with Crippen LogP contribution in [0.5, 0.6) is 5.75 Å². The van der Waals surface area contributed by atoms with Gasteiger partial charge in [-0.25, -0.2) is 0 Å². The smallest absolute Gasteiger partial charge is 0.191 e. The van der Waals surface area contributed by atoms with E-state index in [1.165, 1.54) is 24.9 Å². The number of ether oxygens (including phenoxy) is 2. The van der Waals surface area contributed by atoms with Gasteiger partial charge in [0.2, 0.25) is 0 Å². The van der Waals surface area contributed by atoms with Crippen molar-refractivity contribution in [2.45, 2.75) is 45.7 Å². The Kier molecular flexibility index (Phi) is 7.98. The SMILES string of the molecule is CCN1CCCC1CNC(=NC)NCc1ccc(C)cc1OCC1CCOC1. The van der Waals surface area contributed by atoms with Crippen LogP contribution in [0.4, 0.5) is 0 Å². The Labute approximate surface area is 169 Å². The molecule has 0 radical (unpaired) electrons. The van der Waals surface area contributed by atoms with E-state index >= 15 is 0 Å². The highest BCUT2D eigenvalue weighted by atomic mass is 16.5. The number of hydrogen-bond acceptors (Lipinski definition) is 4. The second kappa shape index (κ2) is 10.7. The minimum atomic E-state index is 0.503. The molecule has 0 aromatic heterocycles. The van der Waals surface area contributed by atoms with Crippen LogP contribution in [0.25, 0.3) is 0 Å². The summed E-state index contributed by atoms with van der Waals surface area (Å²) in [5, 5.41) is 6.94. The van der Waals surface area contributed by atoms with E-state index in [9.17, 15) is 0 Å². The zero-order valence-electron chi connectivity index (χ0n) is 17.7. The minimum Gasteiger partial charge on any atom is -0.493 e. The Morgan fingerprint density at radius 1 is 1.32 bits per heavy atom. The van der Waals surface area contributed by atoms with Crippen molar-refractivity contribution in [2.24, 2.45) is 10.9 Å². The van der Waals surface area contributed by atoms with Crippen LogP contribution in [-0.2, 0) is 11.3 Å². The van der Waals surface area contributed by atoms with Crippen molar-refractivity contribution >= 4 is 5.96 Å². The molecule has 1 aromatic carbocycles. The van der Waals surface area contributed by atoms with Crippen LogP contribution < -0.4 is 15.4 Å². The van der Waals surface area contributed by atoms with Gasteiger partial charge < -0.3 is 20.1 Å². The number of hydrogen-bond donors (Lipinski definition) is 2. The second-order valence-corrected chi connectivity index (χ2v) is 7.88. The molecule has 0 amide bonds. The standard InChI is InChI=1S/C22H36N4O2/c1-4-26-10-5-6-20(26)14-25-22(23-3)24-13-19-8-7-17(2)12-21(19)28-16-18-9-11-27-15-18/h7-8,12,18,20H,4-6,9-11,13-16H2,1-3H3,(H2,23,24,25). The number of aliphatic imine (C=N–C) groups is 1. The van der Waals surface area contributed by atoms with Crippen LogP contribution in [0.3, 0.4) is 0 Å². The van der Waals surface area contributed by atoms with Crippen molar-refractivity contribution < 1.29 is 9.47 Å². The van der Waals surface area contributed by atoms with Gasteiger partial charge in [-0.05, 0) is 50.9 Å². The van der Waals surface area contributed by atoms with Crippen molar-refractivity contribution in [2.75, 3.05) is 46.5 Å². The molecule has 2 aliphatic rings. The summed E-state index contributed by atoms with van der Waals surface area (Å²) >= 11 is 0. The molecule has 0 saturated carbocycles. The summed E-state index contributed by atoms with van der Waals surface area (Å²) in [6.45, 7) is 10.7. The average molecular weight is 389 g/mol. The predicted molar refractivity (Wildman–Crippen MR) is 114 cm³/mol. The zero-order valence-corrected chi connectivity index (χ0v) is 17.7. The van der Waals surface area contributed by atoms with E-state index in [-0.39, 0.29) is 0 Å². The van der Waals surface area contributed by atoms with Crippen LogP contribution in [0.15, 0.2) is 23.2 Å². The molecule has 156 valence electrons. The van der Waals surface area contributed by atoms with Gasteiger partial charge in [0.1, 0.15) is 5.75 Å². The number of nitrogens with one attached hydrogen (secondary N) is 2. The van der Waals surface area contributed by atoms with Crippen molar-refractivity contribution in [3.8, 4) is 5.75 Å². The Morgan fingerprint density at radius 3 is 2.96 bits per heavy atom. The van der Waals surface area contributed by atoms with Crippen molar-refractivity contribution in [1.29, 1.82) is 0 Å². The number of aryl methyl sites for hydroxylation is 1. The molecule has 28 heavy (non-hydrogen) atoms. The summed E-state index contributed by atoms with van der Waals surface area (Å²) in [5.74, 6) is 2.31. The minimum absolute atomic E-state index is 0.503. The molecule has 0 aliphatic carbocycles. The van der Waals surface area contributed by atoms with Gasteiger partial charge in [0.25, 0.3) is 0 Å². The molecule has 0 bridgehead atoms. The van der Waals surface area contributed by atoms with Gasteiger partial charge in [-0.2, -0.15) is 0 Å². The van der Waals surface area contributed by atoms with Crippen molar-refractivity contribution in [3.05, 3.63) is 29.3 Å². The Balaban J connectivity index is 1.51. The van der Waals surface area contributed by atoms with Crippen molar-refractivity contribution in [3.63, 3.8) is 0 Å². The molecule has 2 atom stereocenters. The van der Waals surface area contributed by atoms with E-state index in [1.807, 2.05) is 7.05 Å². The summed E-state index contributed by atoms with van der Waals surface area (Å²) < 4.78 is 11.6. The first kappa shape index (κ1) is 20.9. The Morgan fingerprint density at radius 2 is 2.21 bits per heavy atom. The van der Waals surface area contributed by atoms with Crippen LogP contribution >= 0.6 is 0 Å². The maximum absolute atomic E-state index is 6.15. The average Bonchev–Trinajstić information content (AvgIpc) is 3.39. The topological polar surface area (TPSA) is 58.1 Å². The van der Waals surface area contributed by atoms with Crippen molar-refractivity contribution in [1.82, 2.24) is 15.5 Å². The first-order valence-electron chi connectivity index (χ1n) is 10.7. The van der Waals surface area contributed by atoms with Gasteiger partial charge in [0.05, 0.1) is 13.2 Å². The summed E-state index contributed by atoms with van der Waals surface area (Å²) in [5.41, 5.74) is 2.37. The molecule has 1 aromatic rings. The quantitative estimate of drug-likeness (QED) is 0.529. The number of rotatable bonds is 8. The number of likely N-dealkylation sites (N-methyl/N-ethyl adjacent to an activating group) is 1. The van der Waals surface area contributed by atoms with Gasteiger partial charge in [0, 0.05) is 44.3 Å². The molecular weight excluding hydrogens is 352 g/mol. The number of likely N-dealkylation sites (tertiary alicyclic amines) is 1. The molecular formula is C22H36N4O2. The molecule has 2 heterocycles. The lowest BCUT2D eigenvalue weighted by atomic mass is 10.1. The Bertz CT molecular complexity index is 643. The third kappa shape index (κ3) is 5.85. The van der Waals surface area contributed by atoms with Gasteiger partial charge in [-0.3, -0.25) is 9.89 Å². The number of guanidine groups is 1. The van der Waals surface area contributed by atoms with Gasteiger partial charge in [-0.15, -0.1) is 0 Å². The summed E-state index contributed by atoms with van der Waals surface area (Å²) in [4.78, 5) is 6.93. The lowest BCUT2D eigenvalue weighted by molar-refractivity contribution is 0.166. The van der Waals surface area contributed by atoms with E-state index in [1.54, 1.807) is 0 Å². The number of nitrogens with zero attached hydrogens (tertiary/aromatic N) is 2. The lowest BCUT2D eigenvalue weighted by Gasteiger charge is -2.24. The lowest BCUT2D eigenvalue weighted by Crippen LogP contribution is -2.44. The van der Waals surface area contributed by atoms with Gasteiger partial charge in [0.15, 0.2) is 5.96 Å². The highest BCUT2D eigenvalue weighted by molar-refractivity contribution is 5.79. The van der Waals surface area contributed by atoms with Gasteiger partial charge >= 0.3 is 0 Å². The highest BCUT2D eigenvalue weighted by Gasteiger charge is 2.22. The van der Waals surface area contributed by atoms with E-state index in [0.717, 1.165) is 56.6 Å². The monoisotopic (exact) mass is 388 g/mol. The molecule has 2 N–H and O–H groups in total. The van der Waals surface area contributed by atoms with Crippen LogP contribution in [0.2, 0.25) is 0 Å². The van der Waals surface area contributed by atoms with E-state index in [0.29, 0.717) is 18.5 Å². The second-order valence-electron chi connectivity index (χ2n) is 7.88. The summed E-state index contributed by atoms with van der Waals surface area (Å²) in [6.07, 6.45) is 3.65. The molecule has 2 aliphatic heterocycles. The Hall–Kier alpha value is -1.79. The maximum Gasteiger partial charge on any atom is 0.191 e. The zero-order chi connectivity index (χ0) is 19.8. The predicted octanol–water partition coefficient (Wildman–Crippen LogP) is 2.56. The first-order chi connectivity index (χ1) is 13.7. The third-order valence-electron chi connectivity index (χ3n) is 5.80. The largest absolute Gasteiger partial charge is 0.493 e. The normalized spacial score (nSPS) is 23.2. The van der Waals surface area contributed by atoms with Crippen LogP contribution in [0, 0.1) is 12.8 Å². The third-order valence-corrected chi connectivity index (χ3v) is 5.80. The fraction of sp³-hybridized carbons (Fsp3) is 0.682. The summed E-state index contributed by atoms with van der Waals surface area (Å²) in [7, 11) is 1.83. The van der Waals surface area contributed by atoms with E-state index in [2.05, 4.69) is 52.6 Å². The molecule has 6 heteroatoms. The molecule has 2 fully saturated rings. The molecule has 3 rings (SSSR count). The summed E-state index contributed by atoms with van der Waals surface area (Å²) in [6, 6.07) is 7.01. The fourth-order valence-corrected chi connectivity index (χ4v) is 4.02. The number of benzene rings is 1. The van der Waals surface area contributed by atoms with E-state index < -0.39 is 0 Å². The highest BCUT2D eigenvalue weighted by Crippen LogP contribution is 2.22. The molecule has 0 spiro atoms. The maximum atomic E-state index is 6.15. The molecule has 2 saturated heterocycles. The van der Waals surface area contributed by atoms with Gasteiger partial charge in [-0.1, -0.05) is 19.1 Å². The van der Waals surface area contributed by atoms with Crippen LogP contribution in [0.1, 0.15) is 37.3 Å².